The number of aryl methyl sites for hydroxylation is 1. The van der Waals surface area contributed by atoms with Gasteiger partial charge in [-0.2, -0.15) is 16.9 Å². The van der Waals surface area contributed by atoms with Gasteiger partial charge in [0.25, 0.3) is 0 Å². The second-order valence-corrected chi connectivity index (χ2v) is 4.68. The monoisotopic (exact) mass is 197 g/mol. The summed E-state index contributed by atoms with van der Waals surface area (Å²) in [5.74, 6) is 3.29. The van der Waals surface area contributed by atoms with Crippen molar-refractivity contribution in [2.75, 3.05) is 17.2 Å². The number of nitrogens with two attached hydrogens (primary N) is 1. The van der Waals surface area contributed by atoms with Crippen molar-refractivity contribution < 1.29 is 0 Å². The summed E-state index contributed by atoms with van der Waals surface area (Å²) in [4.78, 5) is 0. The van der Waals surface area contributed by atoms with Gasteiger partial charge < -0.3 is 5.73 Å². The lowest BCUT2D eigenvalue weighted by atomic mass is 10.2. The maximum Gasteiger partial charge on any atom is 0.124 e. The molecule has 1 unspecified atom stereocenters. The largest absolute Gasteiger partial charge is 0.384 e. The van der Waals surface area contributed by atoms with Crippen LogP contribution in [0.2, 0.25) is 0 Å². The second-order valence-electron chi connectivity index (χ2n) is 3.53. The zero-order valence-corrected chi connectivity index (χ0v) is 8.68. The van der Waals surface area contributed by atoms with Crippen LogP contribution in [-0.4, -0.2) is 21.3 Å². The zero-order valence-electron chi connectivity index (χ0n) is 7.86. The number of hydrogen-bond acceptors (Lipinski definition) is 3. The number of anilines is 1. The lowest BCUT2D eigenvalue weighted by Gasteiger charge is -2.22. The predicted molar refractivity (Wildman–Crippen MR) is 57.0 cm³/mol. The van der Waals surface area contributed by atoms with Gasteiger partial charge in [-0.25, -0.2) is 4.68 Å². The third-order valence-corrected chi connectivity index (χ3v) is 3.71. The van der Waals surface area contributed by atoms with Crippen LogP contribution in [0.15, 0.2) is 6.20 Å². The fraction of sp³-hybridized carbons (Fsp3) is 0.667. The number of nitrogens with zero attached hydrogens (tertiary/aromatic N) is 2. The first-order valence-electron chi connectivity index (χ1n) is 4.66. The second kappa shape index (κ2) is 3.62. The Balaban J connectivity index is 2.18. The summed E-state index contributed by atoms with van der Waals surface area (Å²) in [5, 5.41) is 4.32. The molecule has 0 aliphatic carbocycles. The van der Waals surface area contributed by atoms with E-state index < -0.39 is 0 Å². The van der Waals surface area contributed by atoms with Crippen molar-refractivity contribution in [2.45, 2.75) is 25.8 Å². The molecule has 0 saturated carbocycles. The molecule has 1 fully saturated rings. The van der Waals surface area contributed by atoms with E-state index in [2.05, 4.69) is 5.10 Å². The Morgan fingerprint density at radius 2 is 2.54 bits per heavy atom. The third kappa shape index (κ3) is 1.68. The molecule has 72 valence electrons. The van der Waals surface area contributed by atoms with Gasteiger partial charge in [-0.3, -0.25) is 0 Å². The summed E-state index contributed by atoms with van der Waals surface area (Å²) in [6.45, 7) is 2.01. The van der Waals surface area contributed by atoms with Gasteiger partial charge in [-0.05, 0) is 25.5 Å². The Labute approximate surface area is 82.7 Å². The molecular formula is C9H15N3S. The molecule has 2 rings (SSSR count). The SMILES string of the molecule is Cc1cnn(C2CCCSC2)c1N. The summed E-state index contributed by atoms with van der Waals surface area (Å²) in [6.07, 6.45) is 4.36. The topological polar surface area (TPSA) is 43.8 Å². The summed E-state index contributed by atoms with van der Waals surface area (Å²) >= 11 is 2.00. The molecule has 1 aromatic heterocycles. The molecule has 1 aliphatic heterocycles. The number of thioether (sulfide) groups is 1. The number of hydrogen-bond donors (Lipinski definition) is 1. The molecule has 1 saturated heterocycles. The van der Waals surface area contributed by atoms with Gasteiger partial charge in [0.1, 0.15) is 5.82 Å². The minimum atomic E-state index is 0.521. The first-order valence-corrected chi connectivity index (χ1v) is 5.82. The molecular weight excluding hydrogens is 182 g/mol. The van der Waals surface area contributed by atoms with Crippen molar-refractivity contribution in [2.24, 2.45) is 0 Å². The van der Waals surface area contributed by atoms with Crippen LogP contribution in [0.25, 0.3) is 0 Å². The van der Waals surface area contributed by atoms with E-state index in [1.807, 2.05) is 29.6 Å². The molecule has 0 radical (unpaired) electrons. The van der Waals surface area contributed by atoms with Gasteiger partial charge in [0, 0.05) is 11.3 Å². The predicted octanol–water partition coefficient (Wildman–Crippen LogP) is 1.84. The van der Waals surface area contributed by atoms with E-state index in [1.54, 1.807) is 0 Å². The normalized spacial score (nSPS) is 23.3. The van der Waals surface area contributed by atoms with E-state index >= 15 is 0 Å². The van der Waals surface area contributed by atoms with Crippen molar-refractivity contribution in [1.82, 2.24) is 9.78 Å². The van der Waals surface area contributed by atoms with E-state index in [1.165, 1.54) is 18.6 Å². The quantitative estimate of drug-likeness (QED) is 0.747. The van der Waals surface area contributed by atoms with Crippen LogP contribution in [0.4, 0.5) is 5.82 Å². The Hall–Kier alpha value is -0.640. The van der Waals surface area contributed by atoms with E-state index in [0.717, 1.165) is 17.1 Å². The maximum atomic E-state index is 5.92. The number of rotatable bonds is 1. The highest BCUT2D eigenvalue weighted by atomic mass is 32.2. The summed E-state index contributed by atoms with van der Waals surface area (Å²) in [7, 11) is 0. The summed E-state index contributed by atoms with van der Waals surface area (Å²) < 4.78 is 1.99. The van der Waals surface area contributed by atoms with Crippen LogP contribution in [0.1, 0.15) is 24.4 Å². The average Bonchev–Trinajstić information content (AvgIpc) is 2.49. The van der Waals surface area contributed by atoms with Gasteiger partial charge >= 0.3 is 0 Å². The molecule has 0 spiro atoms. The molecule has 2 heterocycles. The fourth-order valence-corrected chi connectivity index (χ4v) is 2.78. The summed E-state index contributed by atoms with van der Waals surface area (Å²) in [5.41, 5.74) is 7.02. The van der Waals surface area contributed by atoms with E-state index in [9.17, 15) is 0 Å². The molecule has 0 amide bonds. The van der Waals surface area contributed by atoms with Gasteiger partial charge in [-0.15, -0.1) is 0 Å². The molecule has 4 heteroatoms. The fourth-order valence-electron chi connectivity index (χ4n) is 1.67. The average molecular weight is 197 g/mol. The van der Waals surface area contributed by atoms with Crippen molar-refractivity contribution in [1.29, 1.82) is 0 Å². The Morgan fingerprint density at radius 1 is 1.69 bits per heavy atom. The van der Waals surface area contributed by atoms with Gasteiger partial charge in [0.15, 0.2) is 0 Å². The van der Waals surface area contributed by atoms with E-state index in [0.29, 0.717) is 6.04 Å². The molecule has 1 aromatic rings. The number of nitrogen functional groups attached to an aromatic ring is 1. The van der Waals surface area contributed by atoms with Crippen LogP contribution >= 0.6 is 11.8 Å². The zero-order chi connectivity index (χ0) is 9.26. The van der Waals surface area contributed by atoms with Gasteiger partial charge in [0.05, 0.1) is 12.2 Å². The van der Waals surface area contributed by atoms with Crippen LogP contribution < -0.4 is 5.73 Å². The third-order valence-electron chi connectivity index (χ3n) is 2.51. The molecule has 1 aliphatic rings. The number of aromatic nitrogens is 2. The highest BCUT2D eigenvalue weighted by molar-refractivity contribution is 7.99. The van der Waals surface area contributed by atoms with Crippen molar-refractivity contribution in [3.8, 4) is 0 Å². The summed E-state index contributed by atoms with van der Waals surface area (Å²) in [6, 6.07) is 0.521. The molecule has 3 nitrogen and oxygen atoms in total. The standard InChI is InChI=1S/C9H15N3S/c1-7-5-11-12(9(7)10)8-3-2-4-13-6-8/h5,8H,2-4,6,10H2,1H3. The maximum absolute atomic E-state index is 5.92. The molecule has 13 heavy (non-hydrogen) atoms. The van der Waals surface area contributed by atoms with Crippen molar-refractivity contribution in [3.63, 3.8) is 0 Å². The van der Waals surface area contributed by atoms with Crippen molar-refractivity contribution in [3.05, 3.63) is 11.8 Å². The molecule has 0 aromatic carbocycles. The first kappa shape index (κ1) is 8.94. The van der Waals surface area contributed by atoms with E-state index in [-0.39, 0.29) is 0 Å². The lowest BCUT2D eigenvalue weighted by molar-refractivity contribution is 0.461. The van der Waals surface area contributed by atoms with E-state index in [4.69, 9.17) is 5.73 Å². The first-order chi connectivity index (χ1) is 6.29. The highest BCUT2D eigenvalue weighted by Gasteiger charge is 2.18. The molecule has 1 atom stereocenters. The minimum absolute atomic E-state index is 0.521. The highest BCUT2D eigenvalue weighted by Crippen LogP contribution is 2.28. The van der Waals surface area contributed by atoms with Crippen LogP contribution in [0.5, 0.6) is 0 Å². The minimum Gasteiger partial charge on any atom is -0.384 e. The van der Waals surface area contributed by atoms with Gasteiger partial charge in [0.2, 0.25) is 0 Å². The van der Waals surface area contributed by atoms with Crippen LogP contribution in [0, 0.1) is 6.92 Å². The molecule has 0 bridgehead atoms. The Morgan fingerprint density at radius 3 is 3.08 bits per heavy atom. The van der Waals surface area contributed by atoms with Gasteiger partial charge in [-0.1, -0.05) is 0 Å². The Bertz CT molecular complexity index is 289. The van der Waals surface area contributed by atoms with Crippen LogP contribution in [0.3, 0.4) is 0 Å². The lowest BCUT2D eigenvalue weighted by Crippen LogP contribution is -2.19. The molecule has 2 N–H and O–H groups in total. The Kier molecular flexibility index (Phi) is 2.49. The van der Waals surface area contributed by atoms with Crippen molar-refractivity contribution >= 4 is 17.6 Å². The van der Waals surface area contributed by atoms with Crippen LogP contribution in [-0.2, 0) is 0 Å². The smallest absolute Gasteiger partial charge is 0.124 e.